The molecule has 2 N–H and O–H groups in total. The summed E-state index contributed by atoms with van der Waals surface area (Å²) in [5.74, 6) is -0.202. The number of aromatic amines is 1. The number of carbonyl (C=O) groups is 1. The first-order chi connectivity index (χ1) is 15.2. The van der Waals surface area contributed by atoms with Crippen LogP contribution in [0.4, 0.5) is 5.69 Å². The Morgan fingerprint density at radius 3 is 2.84 bits per heavy atom. The first-order valence-electron chi connectivity index (χ1n) is 9.90. The number of carbonyl (C=O) groups excluding carboxylic acids is 1. The van der Waals surface area contributed by atoms with Crippen LogP contribution in [0.25, 0.3) is 22.4 Å². The van der Waals surface area contributed by atoms with E-state index in [9.17, 15) is 4.79 Å². The van der Waals surface area contributed by atoms with E-state index in [-0.39, 0.29) is 5.91 Å². The average molecular weight is 409 g/mol. The van der Waals surface area contributed by atoms with Gasteiger partial charge in [0.1, 0.15) is 5.52 Å². The second-order valence-electron chi connectivity index (χ2n) is 7.14. The zero-order valence-electron chi connectivity index (χ0n) is 16.6. The number of amides is 1. The Morgan fingerprint density at radius 1 is 1.03 bits per heavy atom. The third-order valence-electron chi connectivity index (χ3n) is 4.97. The highest BCUT2D eigenvalue weighted by Gasteiger charge is 2.11. The summed E-state index contributed by atoms with van der Waals surface area (Å²) in [6, 6.07) is 21.3. The van der Waals surface area contributed by atoms with E-state index < -0.39 is 0 Å². The van der Waals surface area contributed by atoms with Crippen LogP contribution in [0.3, 0.4) is 0 Å². The summed E-state index contributed by atoms with van der Waals surface area (Å²) in [4.78, 5) is 17.3. The molecule has 3 aromatic heterocycles. The fourth-order valence-corrected chi connectivity index (χ4v) is 3.36. The highest BCUT2D eigenvalue weighted by atomic mass is 16.1. The predicted molar refractivity (Wildman–Crippen MR) is 117 cm³/mol. The van der Waals surface area contributed by atoms with E-state index in [1.807, 2.05) is 59.4 Å². The summed E-state index contributed by atoms with van der Waals surface area (Å²) in [6.07, 6.45) is 4.37. The zero-order chi connectivity index (χ0) is 21.0. The minimum atomic E-state index is -0.202. The van der Waals surface area contributed by atoms with E-state index in [0.717, 1.165) is 29.7 Å². The fraction of sp³-hybridized carbons (Fsp3) is 0.0870. The number of nitrogens with one attached hydrogen (secondary N) is 2. The third-order valence-corrected chi connectivity index (χ3v) is 4.97. The first kappa shape index (κ1) is 18.7. The van der Waals surface area contributed by atoms with Crippen LogP contribution in [0.1, 0.15) is 15.9 Å². The largest absolute Gasteiger partial charge is 0.319 e. The molecule has 152 valence electrons. The van der Waals surface area contributed by atoms with Crippen molar-refractivity contribution in [3.8, 4) is 11.3 Å². The number of pyridine rings is 1. The zero-order valence-corrected chi connectivity index (χ0v) is 16.6. The summed E-state index contributed by atoms with van der Waals surface area (Å²) in [6.45, 7) is 0.742. The standard InChI is InChI=1S/C23H19N7O/c31-23(25-19-14-24-30(15-19)12-11-16-5-2-1-3-6-16)18-8-4-7-17(13-18)20-9-10-21-22(26-20)28-29-27-21/h1-10,13-15H,11-12H2,(H,25,31)(H,26,27,28,29). The number of aryl methyl sites for hydroxylation is 2. The van der Waals surface area contributed by atoms with Crippen molar-refractivity contribution in [2.24, 2.45) is 0 Å². The molecule has 0 atom stereocenters. The molecule has 0 fully saturated rings. The Morgan fingerprint density at radius 2 is 1.94 bits per heavy atom. The van der Waals surface area contributed by atoms with Crippen molar-refractivity contribution in [2.75, 3.05) is 5.32 Å². The Balaban J connectivity index is 1.27. The average Bonchev–Trinajstić information content (AvgIpc) is 3.47. The van der Waals surface area contributed by atoms with Crippen molar-refractivity contribution in [3.05, 3.63) is 90.3 Å². The minimum absolute atomic E-state index is 0.202. The van der Waals surface area contributed by atoms with Crippen LogP contribution in [-0.2, 0) is 13.0 Å². The van der Waals surface area contributed by atoms with Gasteiger partial charge < -0.3 is 5.32 Å². The van der Waals surface area contributed by atoms with Crippen LogP contribution in [0.15, 0.2) is 79.1 Å². The maximum absolute atomic E-state index is 12.8. The number of benzene rings is 2. The van der Waals surface area contributed by atoms with Crippen molar-refractivity contribution in [3.63, 3.8) is 0 Å². The Hall–Kier alpha value is -4.33. The molecule has 5 aromatic rings. The second-order valence-corrected chi connectivity index (χ2v) is 7.14. The van der Waals surface area contributed by atoms with E-state index in [0.29, 0.717) is 16.9 Å². The van der Waals surface area contributed by atoms with Crippen LogP contribution in [0, 0.1) is 0 Å². The smallest absolute Gasteiger partial charge is 0.255 e. The van der Waals surface area contributed by atoms with Gasteiger partial charge in [-0.2, -0.15) is 5.10 Å². The second kappa shape index (κ2) is 8.19. The van der Waals surface area contributed by atoms with Crippen LogP contribution >= 0.6 is 0 Å². The SMILES string of the molecule is O=C(Nc1cnn(CCc2ccccc2)c1)c1cccc(-c2ccc3[nH]nnc3n2)c1. The predicted octanol–water partition coefficient (Wildman–Crippen LogP) is 3.71. The summed E-state index contributed by atoms with van der Waals surface area (Å²) in [5.41, 5.74) is 5.30. The van der Waals surface area contributed by atoms with Gasteiger partial charge in [-0.05, 0) is 36.2 Å². The molecule has 0 bridgehead atoms. The number of hydrogen-bond donors (Lipinski definition) is 2. The van der Waals surface area contributed by atoms with E-state index in [4.69, 9.17) is 0 Å². The highest BCUT2D eigenvalue weighted by Crippen LogP contribution is 2.21. The molecule has 8 nitrogen and oxygen atoms in total. The molecular formula is C23H19N7O. The number of H-pyrrole nitrogens is 1. The summed E-state index contributed by atoms with van der Waals surface area (Å²) in [5, 5.41) is 17.7. The molecule has 0 saturated carbocycles. The lowest BCUT2D eigenvalue weighted by Gasteiger charge is -2.06. The van der Waals surface area contributed by atoms with E-state index in [1.165, 1.54) is 5.56 Å². The molecule has 0 aliphatic carbocycles. The molecule has 0 aliphatic rings. The summed E-state index contributed by atoms with van der Waals surface area (Å²) < 4.78 is 1.83. The summed E-state index contributed by atoms with van der Waals surface area (Å²) in [7, 11) is 0. The third kappa shape index (κ3) is 4.18. The van der Waals surface area contributed by atoms with Gasteiger partial charge >= 0.3 is 0 Å². The molecule has 3 heterocycles. The maximum atomic E-state index is 12.8. The Kier molecular flexibility index (Phi) is 4.94. The number of rotatable bonds is 6. The van der Waals surface area contributed by atoms with E-state index in [2.05, 4.69) is 42.9 Å². The molecule has 0 radical (unpaired) electrons. The fourth-order valence-electron chi connectivity index (χ4n) is 3.36. The molecule has 8 heteroatoms. The lowest BCUT2D eigenvalue weighted by Crippen LogP contribution is -2.11. The van der Waals surface area contributed by atoms with Gasteiger partial charge in [0.2, 0.25) is 5.65 Å². The van der Waals surface area contributed by atoms with Gasteiger partial charge in [-0.1, -0.05) is 47.7 Å². The lowest BCUT2D eigenvalue weighted by atomic mass is 10.1. The highest BCUT2D eigenvalue weighted by molar-refractivity contribution is 6.04. The van der Waals surface area contributed by atoms with Crippen molar-refractivity contribution in [1.82, 2.24) is 30.2 Å². The molecule has 5 rings (SSSR count). The molecular weight excluding hydrogens is 390 g/mol. The molecule has 0 aliphatic heterocycles. The number of fused-ring (bicyclic) bond motifs is 1. The number of anilines is 1. The van der Waals surface area contributed by atoms with Gasteiger partial charge in [0.15, 0.2) is 0 Å². The van der Waals surface area contributed by atoms with Crippen molar-refractivity contribution < 1.29 is 4.79 Å². The van der Waals surface area contributed by atoms with Gasteiger partial charge in [-0.25, -0.2) is 4.98 Å². The van der Waals surface area contributed by atoms with E-state index >= 15 is 0 Å². The normalized spacial score (nSPS) is 11.0. The van der Waals surface area contributed by atoms with E-state index in [1.54, 1.807) is 12.3 Å². The van der Waals surface area contributed by atoms with Crippen LogP contribution in [0.5, 0.6) is 0 Å². The molecule has 0 saturated heterocycles. The van der Waals surface area contributed by atoms with Crippen molar-refractivity contribution >= 4 is 22.8 Å². The lowest BCUT2D eigenvalue weighted by molar-refractivity contribution is 0.102. The van der Waals surface area contributed by atoms with Gasteiger partial charge in [0.05, 0.1) is 17.6 Å². The molecule has 1 amide bonds. The van der Waals surface area contributed by atoms with Gasteiger partial charge in [0.25, 0.3) is 5.91 Å². The molecule has 31 heavy (non-hydrogen) atoms. The van der Waals surface area contributed by atoms with Crippen LogP contribution < -0.4 is 5.32 Å². The monoisotopic (exact) mass is 409 g/mol. The Bertz CT molecular complexity index is 1340. The topological polar surface area (TPSA) is 101 Å². The van der Waals surface area contributed by atoms with Crippen LogP contribution in [0.2, 0.25) is 0 Å². The number of hydrogen-bond acceptors (Lipinski definition) is 5. The maximum Gasteiger partial charge on any atom is 0.255 e. The van der Waals surface area contributed by atoms with Gasteiger partial charge in [0, 0.05) is 23.9 Å². The van der Waals surface area contributed by atoms with Crippen molar-refractivity contribution in [2.45, 2.75) is 13.0 Å². The number of aromatic nitrogens is 6. The van der Waals surface area contributed by atoms with Gasteiger partial charge in [-0.3, -0.25) is 14.6 Å². The first-order valence-corrected chi connectivity index (χ1v) is 9.90. The number of nitrogens with zero attached hydrogens (tertiary/aromatic N) is 5. The van der Waals surface area contributed by atoms with Crippen molar-refractivity contribution in [1.29, 1.82) is 0 Å². The molecule has 2 aromatic carbocycles. The minimum Gasteiger partial charge on any atom is -0.319 e. The quantitative estimate of drug-likeness (QED) is 0.445. The summed E-state index contributed by atoms with van der Waals surface area (Å²) >= 11 is 0. The van der Waals surface area contributed by atoms with Crippen LogP contribution in [-0.4, -0.2) is 36.1 Å². The Labute approximate surface area is 178 Å². The molecule has 0 spiro atoms. The van der Waals surface area contributed by atoms with Gasteiger partial charge in [-0.15, -0.1) is 5.10 Å². The molecule has 0 unspecified atom stereocenters.